The molecule has 0 nitrogen and oxygen atoms in total. The summed E-state index contributed by atoms with van der Waals surface area (Å²) in [6, 6.07) is 7.95. The topological polar surface area (TPSA) is 0 Å². The number of hydrogen-bond acceptors (Lipinski definition) is 0. The second kappa shape index (κ2) is 12.0. The maximum absolute atomic E-state index is 15.0. The van der Waals surface area contributed by atoms with Crippen LogP contribution in [0.15, 0.2) is 30.3 Å². The van der Waals surface area contributed by atoms with E-state index in [1.54, 1.807) is 30.0 Å². The first-order valence-corrected chi connectivity index (χ1v) is 11.7. The summed E-state index contributed by atoms with van der Waals surface area (Å²) in [7, 11) is 0. The minimum Gasteiger partial charge on any atom is -0.205 e. The van der Waals surface area contributed by atoms with E-state index in [-0.39, 0.29) is 0 Å². The summed E-state index contributed by atoms with van der Waals surface area (Å²) in [5.74, 6) is -10.9. The first-order valence-electron chi connectivity index (χ1n) is 11.7. The molecule has 0 N–H and O–H groups in total. The monoisotopic (exact) mass is 604 g/mol. The molecule has 0 amide bonds. The average Bonchev–Trinajstić information content (AvgIpc) is 3.00. The van der Waals surface area contributed by atoms with Crippen molar-refractivity contribution in [2.24, 2.45) is 0 Å². The summed E-state index contributed by atoms with van der Waals surface area (Å²) in [5, 5.41) is 0. The fraction of sp³-hybridized carbons (Fsp3) is 0.0625. The molecule has 0 bridgehead atoms. The van der Waals surface area contributed by atoms with Crippen molar-refractivity contribution in [2.45, 2.75) is 13.8 Å². The summed E-state index contributed by atoms with van der Waals surface area (Å²) in [5.41, 5.74) is -7.09. The lowest BCUT2D eigenvalue weighted by Gasteiger charge is -2.08. The zero-order valence-electron chi connectivity index (χ0n) is 21.5. The first kappa shape index (κ1) is 30.7. The molecule has 216 valence electrons. The van der Waals surface area contributed by atoms with Gasteiger partial charge in [0.1, 0.15) is 17.2 Å². The molecule has 0 radical (unpaired) electrons. The number of halogens is 11. The Bertz CT molecular complexity index is 1920. The van der Waals surface area contributed by atoms with Crippen molar-refractivity contribution in [3.8, 4) is 35.5 Å². The molecule has 0 aliphatic carbocycles. The average molecular weight is 604 g/mol. The van der Waals surface area contributed by atoms with Gasteiger partial charge in [0.25, 0.3) is 0 Å². The molecule has 0 aliphatic rings. The van der Waals surface area contributed by atoms with E-state index in [0.717, 1.165) is 13.8 Å². The first-order chi connectivity index (χ1) is 20.3. The molecular formula is C32H11F11. The molecule has 0 spiro atoms. The highest BCUT2D eigenvalue weighted by atomic mass is 19.2. The lowest BCUT2D eigenvalue weighted by atomic mass is 10.00. The zero-order chi connectivity index (χ0) is 31.7. The van der Waals surface area contributed by atoms with Crippen LogP contribution in [0.3, 0.4) is 0 Å². The molecule has 4 rings (SSSR count). The van der Waals surface area contributed by atoms with E-state index in [9.17, 15) is 43.9 Å². The Morgan fingerprint density at radius 1 is 0.326 bits per heavy atom. The molecule has 4 aromatic carbocycles. The van der Waals surface area contributed by atoms with Crippen LogP contribution in [0.25, 0.3) is 0 Å². The minimum absolute atomic E-state index is 0.368. The molecule has 0 saturated heterocycles. The second-order valence-corrected chi connectivity index (χ2v) is 8.69. The second-order valence-electron chi connectivity index (χ2n) is 8.69. The van der Waals surface area contributed by atoms with Crippen LogP contribution < -0.4 is 0 Å². The fourth-order valence-corrected chi connectivity index (χ4v) is 3.69. The minimum atomic E-state index is -2.48. The van der Waals surface area contributed by atoms with Crippen molar-refractivity contribution in [3.63, 3.8) is 0 Å². The highest BCUT2D eigenvalue weighted by molar-refractivity contribution is 5.57. The predicted molar refractivity (Wildman–Crippen MR) is 133 cm³/mol. The Hall–Kier alpha value is -5.21. The molecule has 0 aliphatic heterocycles. The Morgan fingerprint density at radius 2 is 0.605 bits per heavy atom. The van der Waals surface area contributed by atoms with Crippen molar-refractivity contribution < 1.29 is 48.3 Å². The SMILES string of the molecule is Cc1c(F)c(C#Cc2ccccc2)c(F)c(F)c1C#Cc1c(F)c(C)c(C#Cc2c(F)c(F)c(F)c(F)c2F)c(F)c1F. The molecule has 11 heteroatoms. The largest absolute Gasteiger partial charge is 0.205 e. The number of rotatable bonds is 0. The molecule has 0 fully saturated rings. The van der Waals surface area contributed by atoms with Gasteiger partial charge in [-0.25, -0.2) is 48.3 Å². The number of hydrogen-bond donors (Lipinski definition) is 0. The molecule has 0 aromatic heterocycles. The fourth-order valence-electron chi connectivity index (χ4n) is 3.69. The van der Waals surface area contributed by atoms with Crippen LogP contribution >= 0.6 is 0 Å². The summed E-state index contributed by atoms with van der Waals surface area (Å²) in [4.78, 5) is 0. The van der Waals surface area contributed by atoms with Gasteiger partial charge in [0.15, 0.2) is 46.5 Å². The standard InChI is InChI=1S/C32H11F11/c1-14-17(24(35)26(37)19(22(14)33)9-8-16-6-4-3-5-7-16)10-12-20-23(34)15(2)18(25(36)27(20)38)11-13-21-28(39)30(41)32(43)31(42)29(21)40/h3-7H,1-2H3. The van der Waals surface area contributed by atoms with Crippen molar-refractivity contribution in [3.05, 3.63) is 139 Å². The van der Waals surface area contributed by atoms with E-state index in [1.807, 2.05) is 5.92 Å². The van der Waals surface area contributed by atoms with Gasteiger partial charge >= 0.3 is 0 Å². The molecule has 0 heterocycles. The van der Waals surface area contributed by atoms with Gasteiger partial charge in [-0.1, -0.05) is 53.7 Å². The van der Waals surface area contributed by atoms with Crippen LogP contribution in [0.1, 0.15) is 44.5 Å². The van der Waals surface area contributed by atoms with Crippen molar-refractivity contribution in [2.75, 3.05) is 0 Å². The van der Waals surface area contributed by atoms with E-state index >= 15 is 4.39 Å². The summed E-state index contributed by atoms with van der Waals surface area (Å²) in [6.07, 6.45) is 0. The molecule has 43 heavy (non-hydrogen) atoms. The van der Waals surface area contributed by atoms with E-state index in [2.05, 4.69) is 11.8 Å². The van der Waals surface area contributed by atoms with Gasteiger partial charge in [-0.2, -0.15) is 0 Å². The van der Waals surface area contributed by atoms with Crippen molar-refractivity contribution >= 4 is 0 Å². The van der Waals surface area contributed by atoms with Gasteiger partial charge in [0, 0.05) is 16.7 Å². The molecule has 0 saturated carbocycles. The lowest BCUT2D eigenvalue weighted by Crippen LogP contribution is -2.06. The third-order valence-corrected chi connectivity index (χ3v) is 6.05. The third-order valence-electron chi connectivity index (χ3n) is 6.05. The maximum atomic E-state index is 15.0. The predicted octanol–water partition coefficient (Wildman–Crippen LogP) is 8.03. The van der Waals surface area contributed by atoms with Gasteiger partial charge in [0.05, 0.1) is 22.3 Å². The lowest BCUT2D eigenvalue weighted by molar-refractivity contribution is 0.376. The van der Waals surface area contributed by atoms with E-state index in [4.69, 9.17) is 0 Å². The summed E-state index contributed by atoms with van der Waals surface area (Å²) < 4.78 is 157. The molecule has 0 unspecified atom stereocenters. The zero-order valence-corrected chi connectivity index (χ0v) is 21.5. The van der Waals surface area contributed by atoms with E-state index in [1.165, 1.54) is 18.1 Å². The van der Waals surface area contributed by atoms with Crippen LogP contribution in [-0.2, 0) is 0 Å². The maximum Gasteiger partial charge on any atom is 0.200 e. The van der Waals surface area contributed by atoms with Crippen LogP contribution in [-0.4, -0.2) is 0 Å². The Balaban J connectivity index is 1.80. The van der Waals surface area contributed by atoms with Crippen molar-refractivity contribution in [1.82, 2.24) is 0 Å². The van der Waals surface area contributed by atoms with Crippen LogP contribution in [0.4, 0.5) is 48.3 Å². The van der Waals surface area contributed by atoms with Crippen LogP contribution in [0, 0.1) is 113 Å². The summed E-state index contributed by atoms with van der Waals surface area (Å²) >= 11 is 0. The van der Waals surface area contributed by atoms with Gasteiger partial charge in [-0.05, 0) is 26.0 Å². The normalized spacial score (nSPS) is 10.3. The van der Waals surface area contributed by atoms with Crippen molar-refractivity contribution in [1.29, 1.82) is 0 Å². The van der Waals surface area contributed by atoms with Crippen LogP contribution in [0.2, 0.25) is 0 Å². The third kappa shape index (κ3) is 5.52. The van der Waals surface area contributed by atoms with Crippen LogP contribution in [0.5, 0.6) is 0 Å². The Labute approximate surface area is 236 Å². The van der Waals surface area contributed by atoms with E-state index in [0.29, 0.717) is 5.56 Å². The van der Waals surface area contributed by atoms with Gasteiger partial charge < -0.3 is 0 Å². The number of benzene rings is 4. The molecule has 4 aromatic rings. The highest BCUT2D eigenvalue weighted by Gasteiger charge is 2.26. The van der Waals surface area contributed by atoms with Gasteiger partial charge in [-0.3, -0.25) is 0 Å². The Morgan fingerprint density at radius 3 is 1.02 bits per heavy atom. The molecular weight excluding hydrogens is 593 g/mol. The van der Waals surface area contributed by atoms with E-state index < -0.39 is 103 Å². The van der Waals surface area contributed by atoms with Gasteiger partial charge in [-0.15, -0.1) is 0 Å². The quantitative estimate of drug-likeness (QED) is 0.0826. The summed E-state index contributed by atoms with van der Waals surface area (Å²) in [6.45, 7) is 1.81. The molecule has 0 atom stereocenters. The highest BCUT2D eigenvalue weighted by Crippen LogP contribution is 2.27. The smallest absolute Gasteiger partial charge is 0.200 e. The Kier molecular flexibility index (Phi) is 8.55. The van der Waals surface area contributed by atoms with Gasteiger partial charge in [0.2, 0.25) is 5.82 Å².